The number of rotatable bonds is 3. The maximum absolute atomic E-state index is 12.7. The quantitative estimate of drug-likeness (QED) is 0.865. The molecule has 0 aliphatic carbocycles. The van der Waals surface area contributed by atoms with Crippen LogP contribution in [-0.2, 0) is 0 Å². The van der Waals surface area contributed by atoms with E-state index in [1.165, 1.54) is 0 Å². The fourth-order valence-corrected chi connectivity index (χ4v) is 3.39. The van der Waals surface area contributed by atoms with Crippen molar-refractivity contribution in [3.63, 3.8) is 0 Å². The summed E-state index contributed by atoms with van der Waals surface area (Å²) in [5, 5.41) is 9.67. The number of piperazine rings is 1. The number of hydrogen-bond acceptors (Lipinski definition) is 3. The highest BCUT2D eigenvalue weighted by molar-refractivity contribution is 5.94. The molecule has 1 aliphatic heterocycles. The summed E-state index contributed by atoms with van der Waals surface area (Å²) < 4.78 is 0. The second-order valence-corrected chi connectivity index (χ2v) is 6.59. The molecule has 0 spiro atoms. The van der Waals surface area contributed by atoms with Gasteiger partial charge in [-0.1, -0.05) is 42.0 Å². The number of nitrogens with zero attached hydrogens (tertiary/aromatic N) is 3. The van der Waals surface area contributed by atoms with Gasteiger partial charge in [0.25, 0.3) is 5.91 Å². The maximum atomic E-state index is 12.7. The van der Waals surface area contributed by atoms with E-state index in [-0.39, 0.29) is 11.9 Å². The molecule has 1 heterocycles. The monoisotopic (exact) mass is 333 g/mol. The minimum absolute atomic E-state index is 0.0766. The van der Waals surface area contributed by atoms with Gasteiger partial charge in [-0.3, -0.25) is 9.69 Å². The van der Waals surface area contributed by atoms with Crippen LogP contribution < -0.4 is 0 Å². The molecule has 3 rings (SSSR count). The van der Waals surface area contributed by atoms with Gasteiger partial charge in [-0.15, -0.1) is 0 Å². The van der Waals surface area contributed by atoms with E-state index in [1.807, 2.05) is 67.3 Å². The van der Waals surface area contributed by atoms with E-state index in [0.29, 0.717) is 26.2 Å². The van der Waals surface area contributed by atoms with Crippen molar-refractivity contribution in [2.24, 2.45) is 0 Å². The van der Waals surface area contributed by atoms with E-state index < -0.39 is 0 Å². The summed E-state index contributed by atoms with van der Waals surface area (Å²) in [7, 11) is 0. The first-order valence-corrected chi connectivity index (χ1v) is 8.65. The Morgan fingerprint density at radius 2 is 1.76 bits per heavy atom. The fourth-order valence-electron chi connectivity index (χ4n) is 3.39. The molecule has 2 aromatic rings. The number of aryl methyl sites for hydroxylation is 2. The molecule has 1 atom stereocenters. The van der Waals surface area contributed by atoms with Crippen LogP contribution in [0.4, 0.5) is 0 Å². The zero-order chi connectivity index (χ0) is 17.8. The SMILES string of the molecule is Cc1cccc(C(=O)N2CCN(C(C#N)c3ccccc3C)CC2)c1. The van der Waals surface area contributed by atoms with Crippen LogP contribution in [0, 0.1) is 25.2 Å². The van der Waals surface area contributed by atoms with Crippen molar-refractivity contribution in [2.45, 2.75) is 19.9 Å². The zero-order valence-corrected chi connectivity index (χ0v) is 14.8. The molecule has 0 radical (unpaired) electrons. The first kappa shape index (κ1) is 17.2. The van der Waals surface area contributed by atoms with Crippen LogP contribution in [0.3, 0.4) is 0 Å². The molecule has 1 amide bonds. The molecule has 0 aromatic heterocycles. The molecule has 0 saturated carbocycles. The number of carbonyl (C=O) groups excluding carboxylic acids is 1. The predicted molar refractivity (Wildman–Crippen MR) is 98.2 cm³/mol. The minimum atomic E-state index is -0.252. The zero-order valence-electron chi connectivity index (χ0n) is 14.8. The molecule has 1 saturated heterocycles. The molecule has 0 N–H and O–H groups in total. The van der Waals surface area contributed by atoms with Crippen molar-refractivity contribution in [2.75, 3.05) is 26.2 Å². The third-order valence-electron chi connectivity index (χ3n) is 4.84. The van der Waals surface area contributed by atoms with Crippen LogP contribution in [0.15, 0.2) is 48.5 Å². The third-order valence-corrected chi connectivity index (χ3v) is 4.84. The number of benzene rings is 2. The van der Waals surface area contributed by atoms with E-state index >= 15 is 0 Å². The summed E-state index contributed by atoms with van der Waals surface area (Å²) in [6, 6.07) is 17.9. The van der Waals surface area contributed by atoms with Gasteiger partial charge in [0.05, 0.1) is 6.07 Å². The van der Waals surface area contributed by atoms with Crippen molar-refractivity contribution in [3.8, 4) is 6.07 Å². The summed E-state index contributed by atoms with van der Waals surface area (Å²) in [6.07, 6.45) is 0. The van der Waals surface area contributed by atoms with Gasteiger partial charge in [0.2, 0.25) is 0 Å². The number of amides is 1. The largest absolute Gasteiger partial charge is 0.336 e. The Balaban J connectivity index is 1.68. The summed E-state index contributed by atoms with van der Waals surface area (Å²) in [5.41, 5.74) is 4.02. The molecule has 1 unspecified atom stereocenters. The molecule has 0 bridgehead atoms. The first-order valence-electron chi connectivity index (χ1n) is 8.65. The van der Waals surface area contributed by atoms with Crippen molar-refractivity contribution >= 4 is 5.91 Å². The van der Waals surface area contributed by atoms with Gasteiger partial charge in [-0.25, -0.2) is 0 Å². The summed E-state index contributed by atoms with van der Waals surface area (Å²) in [4.78, 5) is 16.7. The Kier molecular flexibility index (Phi) is 5.16. The van der Waals surface area contributed by atoms with Crippen LogP contribution in [0.2, 0.25) is 0 Å². The lowest BCUT2D eigenvalue weighted by Crippen LogP contribution is -2.49. The average molecular weight is 333 g/mol. The van der Waals surface area contributed by atoms with Crippen LogP contribution in [0.1, 0.15) is 33.1 Å². The Bertz CT molecular complexity index is 801. The fraction of sp³-hybridized carbons (Fsp3) is 0.333. The average Bonchev–Trinajstić information content (AvgIpc) is 2.64. The van der Waals surface area contributed by atoms with Crippen LogP contribution >= 0.6 is 0 Å². The third kappa shape index (κ3) is 3.72. The molecule has 1 fully saturated rings. The van der Waals surface area contributed by atoms with Gasteiger partial charge >= 0.3 is 0 Å². The topological polar surface area (TPSA) is 47.3 Å². The van der Waals surface area contributed by atoms with E-state index in [2.05, 4.69) is 11.0 Å². The highest BCUT2D eigenvalue weighted by atomic mass is 16.2. The summed E-state index contributed by atoms with van der Waals surface area (Å²) in [6.45, 7) is 6.76. The standard InChI is InChI=1S/C21H23N3O/c1-16-6-5-8-18(14-16)21(25)24-12-10-23(11-13-24)20(15-22)19-9-4-3-7-17(19)2/h3-9,14,20H,10-13H2,1-2H3. The lowest BCUT2D eigenvalue weighted by Gasteiger charge is -2.37. The Hall–Kier alpha value is -2.64. The molecule has 1 aliphatic rings. The number of carbonyl (C=O) groups is 1. The molecular weight excluding hydrogens is 310 g/mol. The van der Waals surface area contributed by atoms with E-state index in [0.717, 1.165) is 22.3 Å². The Labute approximate surface area is 149 Å². The van der Waals surface area contributed by atoms with Crippen LogP contribution in [-0.4, -0.2) is 41.9 Å². The lowest BCUT2D eigenvalue weighted by atomic mass is 10.0. The first-order chi connectivity index (χ1) is 12.1. The van der Waals surface area contributed by atoms with Gasteiger partial charge in [0, 0.05) is 31.7 Å². The summed E-state index contributed by atoms with van der Waals surface area (Å²) >= 11 is 0. The van der Waals surface area contributed by atoms with E-state index in [9.17, 15) is 10.1 Å². The summed E-state index contributed by atoms with van der Waals surface area (Å²) in [5.74, 6) is 0.0766. The van der Waals surface area contributed by atoms with Gasteiger partial charge in [-0.2, -0.15) is 5.26 Å². The predicted octanol–water partition coefficient (Wildman–Crippen LogP) is 3.33. The van der Waals surface area contributed by atoms with Crippen LogP contribution in [0.5, 0.6) is 0 Å². The molecule has 4 nitrogen and oxygen atoms in total. The van der Waals surface area contributed by atoms with Crippen molar-refractivity contribution in [1.29, 1.82) is 5.26 Å². The van der Waals surface area contributed by atoms with Crippen molar-refractivity contribution < 1.29 is 4.79 Å². The molecule has 25 heavy (non-hydrogen) atoms. The van der Waals surface area contributed by atoms with Gasteiger partial charge in [0.15, 0.2) is 0 Å². The highest BCUT2D eigenvalue weighted by Crippen LogP contribution is 2.24. The van der Waals surface area contributed by atoms with E-state index in [4.69, 9.17) is 0 Å². The van der Waals surface area contributed by atoms with Gasteiger partial charge < -0.3 is 4.90 Å². The maximum Gasteiger partial charge on any atom is 0.253 e. The Morgan fingerprint density at radius 1 is 1.04 bits per heavy atom. The smallest absolute Gasteiger partial charge is 0.253 e. The van der Waals surface area contributed by atoms with Gasteiger partial charge in [0.1, 0.15) is 6.04 Å². The van der Waals surface area contributed by atoms with E-state index in [1.54, 1.807) is 0 Å². The number of nitriles is 1. The lowest BCUT2D eigenvalue weighted by molar-refractivity contribution is 0.0606. The minimum Gasteiger partial charge on any atom is -0.336 e. The molecule has 128 valence electrons. The molecule has 4 heteroatoms. The second-order valence-electron chi connectivity index (χ2n) is 6.59. The molecular formula is C21H23N3O. The van der Waals surface area contributed by atoms with Crippen molar-refractivity contribution in [3.05, 3.63) is 70.8 Å². The number of hydrogen-bond donors (Lipinski definition) is 0. The molecule has 2 aromatic carbocycles. The van der Waals surface area contributed by atoms with Crippen molar-refractivity contribution in [1.82, 2.24) is 9.80 Å². The Morgan fingerprint density at radius 3 is 2.40 bits per heavy atom. The normalized spacial score (nSPS) is 16.3. The highest BCUT2D eigenvalue weighted by Gasteiger charge is 2.28. The van der Waals surface area contributed by atoms with Gasteiger partial charge in [-0.05, 0) is 37.1 Å². The van der Waals surface area contributed by atoms with Crippen LogP contribution in [0.25, 0.3) is 0 Å². The second kappa shape index (κ2) is 7.50.